The van der Waals surface area contributed by atoms with E-state index in [4.69, 9.17) is 16.0 Å². The molecule has 2 aliphatic rings. The van der Waals surface area contributed by atoms with Crippen molar-refractivity contribution in [3.05, 3.63) is 59.1 Å². The first kappa shape index (κ1) is 22.5. The van der Waals surface area contributed by atoms with E-state index in [9.17, 15) is 8.42 Å². The van der Waals surface area contributed by atoms with Crippen LogP contribution in [-0.2, 0) is 9.84 Å². The molecule has 0 N–H and O–H groups in total. The van der Waals surface area contributed by atoms with Gasteiger partial charge in [0.2, 0.25) is 26.6 Å². The van der Waals surface area contributed by atoms with E-state index in [2.05, 4.69) is 30.7 Å². The summed E-state index contributed by atoms with van der Waals surface area (Å²) in [6.45, 7) is 9.55. The minimum atomic E-state index is -3.89. The molecular formula is C26H29ClN2O3S. The largest absolute Gasteiger partial charge is 0.419 e. The maximum Gasteiger partial charge on any atom is 0.236 e. The van der Waals surface area contributed by atoms with E-state index in [1.807, 2.05) is 19.1 Å². The van der Waals surface area contributed by atoms with Crippen LogP contribution in [0.25, 0.3) is 11.5 Å². The molecule has 174 valence electrons. The van der Waals surface area contributed by atoms with Crippen LogP contribution < -0.4 is 4.90 Å². The third-order valence-corrected chi connectivity index (χ3v) is 8.94. The second-order valence-electron chi connectivity index (χ2n) is 10.8. The highest BCUT2D eigenvalue weighted by molar-refractivity contribution is 7.91. The van der Waals surface area contributed by atoms with E-state index in [0.29, 0.717) is 16.5 Å². The number of benzene rings is 2. The zero-order valence-electron chi connectivity index (χ0n) is 19.4. The number of hydrogen-bond acceptors (Lipinski definition) is 5. The van der Waals surface area contributed by atoms with Crippen LogP contribution in [0.15, 0.2) is 62.9 Å². The lowest BCUT2D eigenvalue weighted by Gasteiger charge is -2.39. The highest BCUT2D eigenvalue weighted by Gasteiger charge is 2.51. The lowest BCUT2D eigenvalue weighted by atomic mass is 9.65. The SMILES string of the molecule is Cc1ccc(S(=O)(=O)c2nc(-c3ccccc3Cl)oc2N2C[C@]3(C)C[C@H]2CC(C)(C)C3)cc1. The standard InChI is InChI=1S/C26H29ClN2O3S/c1-17-9-11-19(12-10-17)33(30,31)23-24(32-22(28-23)20-7-5-6-8-21(20)27)29-16-26(4)14-18(29)13-25(2,3)15-26/h5-12,18H,13-16H2,1-4H3/t18-,26-/m1/s1. The molecule has 0 radical (unpaired) electrons. The normalized spacial score (nSPS) is 24.3. The lowest BCUT2D eigenvalue weighted by Crippen LogP contribution is -2.35. The summed E-state index contributed by atoms with van der Waals surface area (Å²) in [5, 5.41) is 0.438. The first-order valence-corrected chi connectivity index (χ1v) is 13.2. The van der Waals surface area contributed by atoms with Gasteiger partial charge in [0.05, 0.1) is 15.5 Å². The zero-order valence-corrected chi connectivity index (χ0v) is 21.0. The molecule has 2 aromatic carbocycles. The van der Waals surface area contributed by atoms with Crippen LogP contribution in [0, 0.1) is 17.8 Å². The molecule has 5 rings (SSSR count). The molecular weight excluding hydrogens is 456 g/mol. The number of anilines is 1. The van der Waals surface area contributed by atoms with Crippen LogP contribution in [-0.4, -0.2) is 26.0 Å². The number of oxazole rings is 1. The Morgan fingerprint density at radius 3 is 2.45 bits per heavy atom. The van der Waals surface area contributed by atoms with Crippen LogP contribution in [0.2, 0.25) is 5.02 Å². The number of halogens is 1. The average molecular weight is 485 g/mol. The molecule has 0 amide bonds. The van der Waals surface area contributed by atoms with Gasteiger partial charge in [-0.05, 0) is 61.3 Å². The molecule has 2 atom stereocenters. The maximum absolute atomic E-state index is 13.8. The van der Waals surface area contributed by atoms with Crippen LogP contribution in [0.5, 0.6) is 0 Å². The van der Waals surface area contributed by atoms with Crippen LogP contribution in [0.3, 0.4) is 0 Å². The fourth-order valence-electron chi connectivity index (χ4n) is 5.93. The summed E-state index contributed by atoms with van der Waals surface area (Å²) in [5.74, 6) is 0.559. The van der Waals surface area contributed by atoms with Crippen molar-refractivity contribution in [3.8, 4) is 11.5 Å². The van der Waals surface area contributed by atoms with Gasteiger partial charge in [0.15, 0.2) is 0 Å². The molecule has 0 spiro atoms. The monoisotopic (exact) mass is 484 g/mol. The topological polar surface area (TPSA) is 63.4 Å². The van der Waals surface area contributed by atoms with Crippen molar-refractivity contribution in [1.82, 2.24) is 4.98 Å². The molecule has 2 heterocycles. The number of rotatable bonds is 4. The molecule has 2 fully saturated rings. The van der Waals surface area contributed by atoms with E-state index in [0.717, 1.165) is 31.4 Å². The van der Waals surface area contributed by atoms with Crippen molar-refractivity contribution in [3.63, 3.8) is 0 Å². The fourth-order valence-corrected chi connectivity index (χ4v) is 7.46. The molecule has 3 aromatic rings. The second-order valence-corrected chi connectivity index (χ2v) is 13.0. The molecule has 1 saturated carbocycles. The summed E-state index contributed by atoms with van der Waals surface area (Å²) in [5.41, 5.74) is 1.87. The number of aromatic nitrogens is 1. The Kier molecular flexibility index (Phi) is 5.18. The van der Waals surface area contributed by atoms with Crippen molar-refractivity contribution in [2.45, 2.75) is 62.9 Å². The van der Waals surface area contributed by atoms with Crippen LogP contribution in [0.4, 0.5) is 5.88 Å². The van der Waals surface area contributed by atoms with Crippen LogP contribution in [0.1, 0.15) is 45.6 Å². The van der Waals surface area contributed by atoms with Gasteiger partial charge in [-0.15, -0.1) is 0 Å². The minimum absolute atomic E-state index is 0.0322. The summed E-state index contributed by atoms with van der Waals surface area (Å²) < 4.78 is 33.8. The molecule has 33 heavy (non-hydrogen) atoms. The minimum Gasteiger partial charge on any atom is -0.419 e. The Morgan fingerprint density at radius 2 is 1.76 bits per heavy atom. The fraction of sp³-hybridized carbons (Fsp3) is 0.423. The molecule has 7 heteroatoms. The summed E-state index contributed by atoms with van der Waals surface area (Å²) >= 11 is 6.41. The molecule has 5 nitrogen and oxygen atoms in total. The first-order chi connectivity index (χ1) is 15.5. The summed E-state index contributed by atoms with van der Waals surface area (Å²) in [6.07, 6.45) is 3.09. The number of sulfone groups is 1. The smallest absolute Gasteiger partial charge is 0.236 e. The Balaban J connectivity index is 1.67. The maximum atomic E-state index is 13.8. The Morgan fingerprint density at radius 1 is 1.06 bits per heavy atom. The lowest BCUT2D eigenvalue weighted by molar-refractivity contribution is 0.136. The number of nitrogens with zero attached hydrogens (tertiary/aromatic N) is 2. The van der Waals surface area contributed by atoms with Gasteiger partial charge in [0, 0.05) is 12.6 Å². The van der Waals surface area contributed by atoms with Crippen LogP contribution >= 0.6 is 11.6 Å². The molecule has 1 aromatic heterocycles. The van der Waals surface area contributed by atoms with Crippen molar-refractivity contribution in [1.29, 1.82) is 0 Å². The van der Waals surface area contributed by atoms with Gasteiger partial charge in [0.25, 0.3) is 0 Å². The average Bonchev–Trinajstić information content (AvgIpc) is 3.27. The summed E-state index contributed by atoms with van der Waals surface area (Å²) in [6, 6.07) is 14.3. The van der Waals surface area contributed by atoms with E-state index < -0.39 is 9.84 Å². The summed E-state index contributed by atoms with van der Waals surface area (Å²) in [4.78, 5) is 6.90. The Labute approximate surface area is 200 Å². The van der Waals surface area contributed by atoms with Gasteiger partial charge >= 0.3 is 0 Å². The van der Waals surface area contributed by atoms with Gasteiger partial charge in [-0.2, -0.15) is 4.98 Å². The third-order valence-electron chi connectivity index (χ3n) is 6.95. The Bertz CT molecular complexity index is 1310. The molecule has 1 aliphatic carbocycles. The predicted molar refractivity (Wildman–Crippen MR) is 130 cm³/mol. The van der Waals surface area contributed by atoms with Gasteiger partial charge < -0.3 is 9.32 Å². The predicted octanol–water partition coefficient (Wildman–Crippen LogP) is 6.54. The number of fused-ring (bicyclic) bond motifs is 2. The first-order valence-electron chi connectivity index (χ1n) is 11.3. The number of aryl methyl sites for hydroxylation is 1. The summed E-state index contributed by atoms with van der Waals surface area (Å²) in [7, 11) is -3.89. The highest BCUT2D eigenvalue weighted by Crippen LogP contribution is 2.54. The van der Waals surface area contributed by atoms with Crippen molar-refractivity contribution in [2.75, 3.05) is 11.4 Å². The van der Waals surface area contributed by atoms with E-state index in [-0.39, 0.29) is 32.7 Å². The van der Waals surface area contributed by atoms with Crippen molar-refractivity contribution < 1.29 is 12.8 Å². The van der Waals surface area contributed by atoms with E-state index in [1.54, 1.807) is 36.4 Å². The van der Waals surface area contributed by atoms with Crippen molar-refractivity contribution in [2.24, 2.45) is 10.8 Å². The molecule has 0 unspecified atom stereocenters. The quantitative estimate of drug-likeness (QED) is 0.420. The second kappa shape index (κ2) is 7.60. The molecule has 1 saturated heterocycles. The van der Waals surface area contributed by atoms with E-state index in [1.165, 1.54) is 0 Å². The Hall–Kier alpha value is -2.31. The van der Waals surface area contributed by atoms with Gasteiger partial charge in [0.1, 0.15) is 0 Å². The van der Waals surface area contributed by atoms with Gasteiger partial charge in [-0.25, -0.2) is 8.42 Å². The third kappa shape index (κ3) is 3.97. The van der Waals surface area contributed by atoms with E-state index >= 15 is 0 Å². The van der Waals surface area contributed by atoms with Crippen molar-refractivity contribution >= 4 is 27.3 Å². The van der Waals surface area contributed by atoms with Gasteiger partial charge in [-0.3, -0.25) is 0 Å². The molecule has 2 bridgehead atoms. The highest BCUT2D eigenvalue weighted by atomic mass is 35.5. The molecule has 1 aliphatic heterocycles. The zero-order chi connectivity index (χ0) is 23.6. The number of hydrogen-bond donors (Lipinski definition) is 0. The van der Waals surface area contributed by atoms with Gasteiger partial charge in [-0.1, -0.05) is 62.2 Å².